The number of hydrogen-bond acceptors (Lipinski definition) is 7. The molecule has 0 aliphatic carbocycles. The lowest BCUT2D eigenvalue weighted by molar-refractivity contribution is 0.0992. The van der Waals surface area contributed by atoms with Gasteiger partial charge in [0.2, 0.25) is 0 Å². The molecule has 0 atom stereocenters. The van der Waals surface area contributed by atoms with E-state index in [-0.39, 0.29) is 12.2 Å². The molecule has 0 N–H and O–H groups in total. The number of nitrogens with zero attached hydrogens (tertiary/aromatic N) is 6. The van der Waals surface area contributed by atoms with Gasteiger partial charge in [0.25, 0.3) is 0 Å². The minimum absolute atomic E-state index is 0.0442. The third-order valence-corrected chi connectivity index (χ3v) is 6.13. The third-order valence-electron chi connectivity index (χ3n) is 6.13. The molecule has 0 spiro atoms. The molecule has 0 radical (unpaired) electrons. The SMILES string of the molecule is Cc1ncc(-c2ccc3cnc(CC(=O)c4ccnc(N5CCN(C)CC5)c4)cc3c2)cn1. The van der Waals surface area contributed by atoms with Crippen LogP contribution in [0, 0.1) is 6.92 Å². The molecule has 4 heterocycles. The van der Waals surface area contributed by atoms with E-state index in [2.05, 4.69) is 42.8 Å². The Kier molecular flexibility index (Phi) is 5.79. The van der Waals surface area contributed by atoms with Gasteiger partial charge < -0.3 is 9.80 Å². The molecule has 5 rings (SSSR count). The second-order valence-corrected chi connectivity index (χ2v) is 8.55. The molecular weight excluding hydrogens is 412 g/mol. The number of rotatable bonds is 5. The lowest BCUT2D eigenvalue weighted by atomic mass is 10.0. The lowest BCUT2D eigenvalue weighted by Gasteiger charge is -2.33. The monoisotopic (exact) mass is 438 g/mol. The summed E-state index contributed by atoms with van der Waals surface area (Å²) in [6, 6.07) is 11.9. The van der Waals surface area contributed by atoms with Crippen LogP contribution in [0.4, 0.5) is 5.82 Å². The first-order valence-corrected chi connectivity index (χ1v) is 11.2. The standard InChI is InChI=1S/C26H26N6O/c1-18-28-16-23(17-29-18)19-3-4-21-15-30-24(12-22(21)11-19)14-25(33)20-5-6-27-26(13-20)32-9-7-31(2)8-10-32/h3-6,11-13,15-17H,7-10,14H2,1-2H3. The van der Waals surface area contributed by atoms with Gasteiger partial charge >= 0.3 is 0 Å². The quantitative estimate of drug-likeness (QED) is 0.441. The van der Waals surface area contributed by atoms with Gasteiger partial charge in [-0.2, -0.15) is 0 Å². The van der Waals surface area contributed by atoms with Crippen molar-refractivity contribution < 1.29 is 4.79 Å². The number of fused-ring (bicyclic) bond motifs is 1. The molecule has 7 nitrogen and oxygen atoms in total. The third kappa shape index (κ3) is 4.73. The number of anilines is 1. The van der Waals surface area contributed by atoms with Crippen molar-refractivity contribution in [1.29, 1.82) is 0 Å². The molecular formula is C26H26N6O. The first-order valence-electron chi connectivity index (χ1n) is 11.2. The Morgan fingerprint density at radius 3 is 2.42 bits per heavy atom. The summed E-state index contributed by atoms with van der Waals surface area (Å²) in [4.78, 5) is 35.2. The number of aromatic nitrogens is 4. The number of piperazine rings is 1. The number of benzene rings is 1. The molecule has 0 saturated carbocycles. The van der Waals surface area contributed by atoms with Crippen molar-refractivity contribution >= 4 is 22.4 Å². The van der Waals surface area contributed by atoms with Crippen LogP contribution < -0.4 is 4.90 Å². The summed E-state index contributed by atoms with van der Waals surface area (Å²) < 4.78 is 0. The molecule has 166 valence electrons. The zero-order chi connectivity index (χ0) is 22.8. The molecule has 33 heavy (non-hydrogen) atoms. The number of likely N-dealkylation sites (N-methyl/N-ethyl adjacent to an activating group) is 1. The molecule has 0 amide bonds. The summed E-state index contributed by atoms with van der Waals surface area (Å²) in [5.74, 6) is 1.66. The van der Waals surface area contributed by atoms with E-state index in [1.165, 1.54) is 0 Å². The van der Waals surface area contributed by atoms with Crippen LogP contribution in [0.2, 0.25) is 0 Å². The second kappa shape index (κ2) is 9.03. The summed E-state index contributed by atoms with van der Waals surface area (Å²) in [6.45, 7) is 5.70. The summed E-state index contributed by atoms with van der Waals surface area (Å²) in [5.41, 5.74) is 3.43. The topological polar surface area (TPSA) is 75.1 Å². The number of pyridine rings is 2. The first kappa shape index (κ1) is 21.2. The minimum atomic E-state index is 0.0442. The maximum absolute atomic E-state index is 13.0. The van der Waals surface area contributed by atoms with E-state index in [9.17, 15) is 4.79 Å². The zero-order valence-electron chi connectivity index (χ0n) is 18.9. The number of Topliss-reactive ketones (excluding diaryl/α,β-unsaturated/α-hetero) is 1. The van der Waals surface area contributed by atoms with Crippen LogP contribution in [0.1, 0.15) is 21.9 Å². The Morgan fingerprint density at radius 1 is 0.848 bits per heavy atom. The average molecular weight is 439 g/mol. The Hall–Kier alpha value is -3.71. The highest BCUT2D eigenvalue weighted by molar-refractivity contribution is 5.98. The summed E-state index contributed by atoms with van der Waals surface area (Å²) >= 11 is 0. The maximum Gasteiger partial charge on any atom is 0.169 e. The summed E-state index contributed by atoms with van der Waals surface area (Å²) in [6.07, 6.45) is 7.47. The van der Waals surface area contributed by atoms with E-state index < -0.39 is 0 Å². The highest BCUT2D eigenvalue weighted by Gasteiger charge is 2.17. The van der Waals surface area contributed by atoms with Crippen LogP contribution in [0.3, 0.4) is 0 Å². The van der Waals surface area contributed by atoms with Crippen LogP contribution in [0.15, 0.2) is 61.2 Å². The van der Waals surface area contributed by atoms with Crippen molar-refractivity contribution in [3.05, 3.63) is 78.3 Å². The predicted molar refractivity (Wildman–Crippen MR) is 129 cm³/mol. The zero-order valence-corrected chi connectivity index (χ0v) is 18.9. The van der Waals surface area contributed by atoms with Crippen LogP contribution in [0.25, 0.3) is 21.9 Å². The molecule has 1 aliphatic rings. The van der Waals surface area contributed by atoms with Crippen LogP contribution in [-0.4, -0.2) is 63.8 Å². The lowest BCUT2D eigenvalue weighted by Crippen LogP contribution is -2.44. The fourth-order valence-corrected chi connectivity index (χ4v) is 4.07. The van der Waals surface area contributed by atoms with Crippen molar-refractivity contribution in [1.82, 2.24) is 24.8 Å². The molecule has 3 aromatic heterocycles. The average Bonchev–Trinajstić information content (AvgIpc) is 2.84. The van der Waals surface area contributed by atoms with Gasteiger partial charge in [-0.15, -0.1) is 0 Å². The Morgan fingerprint density at radius 2 is 1.64 bits per heavy atom. The highest BCUT2D eigenvalue weighted by Crippen LogP contribution is 2.24. The summed E-state index contributed by atoms with van der Waals surface area (Å²) in [7, 11) is 2.12. The fourth-order valence-electron chi connectivity index (χ4n) is 4.07. The van der Waals surface area contributed by atoms with Crippen molar-refractivity contribution in [2.45, 2.75) is 13.3 Å². The smallest absolute Gasteiger partial charge is 0.169 e. The van der Waals surface area contributed by atoms with E-state index in [4.69, 9.17) is 0 Å². The van der Waals surface area contributed by atoms with Gasteiger partial charge in [-0.3, -0.25) is 9.78 Å². The number of hydrogen-bond donors (Lipinski definition) is 0. The molecule has 1 aromatic carbocycles. The Balaban J connectivity index is 1.36. The van der Waals surface area contributed by atoms with Gasteiger partial charge in [0.1, 0.15) is 11.6 Å². The van der Waals surface area contributed by atoms with Crippen LogP contribution in [-0.2, 0) is 6.42 Å². The molecule has 1 fully saturated rings. The van der Waals surface area contributed by atoms with Gasteiger partial charge in [0.05, 0.1) is 6.42 Å². The van der Waals surface area contributed by atoms with Gasteiger partial charge in [-0.1, -0.05) is 12.1 Å². The first-order chi connectivity index (χ1) is 16.0. The van der Waals surface area contributed by atoms with Gasteiger partial charge in [0.15, 0.2) is 5.78 Å². The highest BCUT2D eigenvalue weighted by atomic mass is 16.1. The number of carbonyl (C=O) groups excluding carboxylic acids is 1. The number of ketones is 1. The van der Waals surface area contributed by atoms with Crippen molar-refractivity contribution in [2.75, 3.05) is 38.1 Å². The largest absolute Gasteiger partial charge is 0.354 e. The maximum atomic E-state index is 13.0. The van der Waals surface area contributed by atoms with Crippen molar-refractivity contribution in [3.63, 3.8) is 0 Å². The number of aryl methyl sites for hydroxylation is 1. The number of carbonyl (C=O) groups is 1. The second-order valence-electron chi connectivity index (χ2n) is 8.55. The molecule has 7 heteroatoms. The van der Waals surface area contributed by atoms with E-state index in [0.717, 1.165) is 65.4 Å². The van der Waals surface area contributed by atoms with Crippen LogP contribution >= 0.6 is 0 Å². The van der Waals surface area contributed by atoms with E-state index in [1.54, 1.807) is 12.3 Å². The Bertz CT molecular complexity index is 1300. The molecule has 0 unspecified atom stereocenters. The molecule has 1 saturated heterocycles. The van der Waals surface area contributed by atoms with Gasteiger partial charge in [0, 0.05) is 73.2 Å². The van der Waals surface area contributed by atoms with E-state index >= 15 is 0 Å². The van der Waals surface area contributed by atoms with Gasteiger partial charge in [-0.25, -0.2) is 15.0 Å². The van der Waals surface area contributed by atoms with Crippen molar-refractivity contribution in [2.24, 2.45) is 0 Å². The molecule has 0 bridgehead atoms. The molecule has 4 aromatic rings. The summed E-state index contributed by atoms with van der Waals surface area (Å²) in [5, 5.41) is 2.07. The minimum Gasteiger partial charge on any atom is -0.354 e. The predicted octanol–water partition coefficient (Wildman–Crippen LogP) is 3.57. The normalized spacial score (nSPS) is 14.5. The van der Waals surface area contributed by atoms with Crippen molar-refractivity contribution in [3.8, 4) is 11.1 Å². The van der Waals surface area contributed by atoms with Gasteiger partial charge in [-0.05, 0) is 49.2 Å². The fraction of sp³-hybridized carbons (Fsp3) is 0.269. The van der Waals surface area contributed by atoms with E-state index in [0.29, 0.717) is 5.56 Å². The van der Waals surface area contributed by atoms with E-state index in [1.807, 2.05) is 49.8 Å². The Labute approximate surface area is 193 Å². The molecule has 1 aliphatic heterocycles. The van der Waals surface area contributed by atoms with Crippen LogP contribution in [0.5, 0.6) is 0 Å².